The summed E-state index contributed by atoms with van der Waals surface area (Å²) in [5.74, 6) is 0.381. The van der Waals surface area contributed by atoms with Crippen LogP contribution in [0.15, 0.2) is 66.9 Å². The number of halogens is 3. The fourth-order valence-electron chi connectivity index (χ4n) is 4.85. The molecule has 10 heteroatoms. The SMILES string of the molecule is CCc1nc2ccc(C(F)(F)F)cn2c1C(=O)NCc1ccc(N2CCN(c3ccc(OC)cc3)CC2)cc1. The number of nitrogens with one attached hydrogen (secondary N) is 1. The molecule has 3 heterocycles. The highest BCUT2D eigenvalue weighted by Crippen LogP contribution is 2.30. The van der Waals surface area contributed by atoms with Gasteiger partial charge in [0.1, 0.15) is 17.1 Å². The van der Waals surface area contributed by atoms with Gasteiger partial charge in [0.2, 0.25) is 0 Å². The van der Waals surface area contributed by atoms with Crippen molar-refractivity contribution in [2.45, 2.75) is 26.1 Å². The Hall–Kier alpha value is -4.21. The van der Waals surface area contributed by atoms with Crippen LogP contribution in [0.25, 0.3) is 5.65 Å². The first-order valence-corrected chi connectivity index (χ1v) is 12.9. The molecule has 0 unspecified atom stereocenters. The Labute approximate surface area is 224 Å². The van der Waals surface area contributed by atoms with Crippen molar-refractivity contribution in [1.82, 2.24) is 14.7 Å². The predicted molar refractivity (Wildman–Crippen MR) is 145 cm³/mol. The summed E-state index contributed by atoms with van der Waals surface area (Å²) in [7, 11) is 1.66. The second-order valence-corrected chi connectivity index (χ2v) is 9.43. The van der Waals surface area contributed by atoms with E-state index in [-0.39, 0.29) is 12.2 Å². The summed E-state index contributed by atoms with van der Waals surface area (Å²) in [5.41, 5.74) is 3.24. The van der Waals surface area contributed by atoms with Gasteiger partial charge in [-0.05, 0) is 60.5 Å². The predicted octanol–water partition coefficient (Wildman–Crippen LogP) is 5.18. The van der Waals surface area contributed by atoms with Gasteiger partial charge in [0.15, 0.2) is 0 Å². The van der Waals surface area contributed by atoms with Crippen LogP contribution in [-0.2, 0) is 19.1 Å². The number of anilines is 2. The smallest absolute Gasteiger partial charge is 0.417 e. The molecule has 2 aromatic carbocycles. The molecular weight excluding hydrogens is 507 g/mol. The zero-order valence-electron chi connectivity index (χ0n) is 21.8. The summed E-state index contributed by atoms with van der Waals surface area (Å²) in [4.78, 5) is 22.1. The third-order valence-electron chi connectivity index (χ3n) is 7.04. The second kappa shape index (κ2) is 10.9. The van der Waals surface area contributed by atoms with E-state index in [0.29, 0.717) is 17.8 Å². The van der Waals surface area contributed by atoms with E-state index in [0.717, 1.165) is 55.4 Å². The first-order chi connectivity index (χ1) is 18.8. The first-order valence-electron chi connectivity index (χ1n) is 12.9. The number of piperazine rings is 1. The maximum atomic E-state index is 13.3. The normalized spacial score (nSPS) is 14.1. The van der Waals surface area contributed by atoms with Gasteiger partial charge in [-0.15, -0.1) is 0 Å². The summed E-state index contributed by atoms with van der Waals surface area (Å²) in [6, 6.07) is 18.3. The number of nitrogens with zero attached hydrogens (tertiary/aromatic N) is 4. The molecule has 1 N–H and O–H groups in total. The van der Waals surface area contributed by atoms with Gasteiger partial charge < -0.3 is 19.9 Å². The molecule has 2 aromatic heterocycles. The number of alkyl halides is 3. The van der Waals surface area contributed by atoms with Crippen LogP contribution in [0, 0.1) is 0 Å². The molecule has 1 fully saturated rings. The number of aryl methyl sites for hydroxylation is 1. The standard InChI is InChI=1S/C29H30F3N5O2/c1-3-25-27(37-19-21(29(30,31)32)6-13-26(37)34-25)28(38)33-18-20-4-7-22(8-5-20)35-14-16-36(17-15-35)23-9-11-24(39-2)12-10-23/h4-13,19H,3,14-18H2,1-2H3,(H,33,38). The fraction of sp³-hybridized carbons (Fsp3) is 0.310. The topological polar surface area (TPSA) is 62.1 Å². The van der Waals surface area contributed by atoms with E-state index >= 15 is 0 Å². The number of aromatic nitrogens is 2. The number of amides is 1. The van der Waals surface area contributed by atoms with Gasteiger partial charge in [0.05, 0.1) is 18.4 Å². The van der Waals surface area contributed by atoms with Gasteiger partial charge in [-0.25, -0.2) is 4.98 Å². The van der Waals surface area contributed by atoms with Crippen molar-refractivity contribution in [3.05, 3.63) is 89.4 Å². The third-order valence-corrected chi connectivity index (χ3v) is 7.04. The molecule has 1 saturated heterocycles. The number of methoxy groups -OCH3 is 1. The minimum atomic E-state index is -4.51. The molecule has 39 heavy (non-hydrogen) atoms. The molecule has 1 aliphatic heterocycles. The zero-order valence-corrected chi connectivity index (χ0v) is 21.8. The molecule has 0 radical (unpaired) electrons. The molecule has 0 atom stereocenters. The Morgan fingerprint density at radius 2 is 1.51 bits per heavy atom. The van der Waals surface area contributed by atoms with Gasteiger partial charge in [-0.3, -0.25) is 9.20 Å². The molecular formula is C29H30F3N5O2. The number of carbonyl (C=O) groups excluding carboxylic acids is 1. The Kier molecular flexibility index (Phi) is 7.36. The van der Waals surface area contributed by atoms with Crippen LogP contribution in [-0.4, -0.2) is 48.6 Å². The minimum Gasteiger partial charge on any atom is -0.497 e. The van der Waals surface area contributed by atoms with E-state index in [1.807, 2.05) is 43.3 Å². The molecule has 204 valence electrons. The number of imidazole rings is 1. The lowest BCUT2D eigenvalue weighted by Gasteiger charge is -2.37. The average molecular weight is 538 g/mol. The van der Waals surface area contributed by atoms with E-state index in [4.69, 9.17) is 4.74 Å². The van der Waals surface area contributed by atoms with Crippen molar-refractivity contribution >= 4 is 22.9 Å². The molecule has 0 aliphatic carbocycles. The van der Waals surface area contributed by atoms with Gasteiger partial charge in [-0.2, -0.15) is 13.2 Å². The van der Waals surface area contributed by atoms with Gasteiger partial charge in [-0.1, -0.05) is 19.1 Å². The van der Waals surface area contributed by atoms with Crippen LogP contribution in [0.5, 0.6) is 5.75 Å². The van der Waals surface area contributed by atoms with Gasteiger partial charge in [0.25, 0.3) is 5.91 Å². The maximum absolute atomic E-state index is 13.3. The highest BCUT2D eigenvalue weighted by atomic mass is 19.4. The molecule has 0 bridgehead atoms. The average Bonchev–Trinajstić information content (AvgIpc) is 3.34. The highest BCUT2D eigenvalue weighted by molar-refractivity contribution is 5.94. The number of pyridine rings is 1. The number of carbonyl (C=O) groups is 1. The summed E-state index contributed by atoms with van der Waals surface area (Å²) >= 11 is 0. The Morgan fingerprint density at radius 1 is 0.923 bits per heavy atom. The summed E-state index contributed by atoms with van der Waals surface area (Å²) in [6.07, 6.45) is -3.16. The van der Waals surface area contributed by atoms with Crippen LogP contribution in [0.2, 0.25) is 0 Å². The van der Waals surface area contributed by atoms with Crippen LogP contribution >= 0.6 is 0 Å². The Balaban J connectivity index is 1.21. The second-order valence-electron chi connectivity index (χ2n) is 9.43. The number of hydrogen-bond acceptors (Lipinski definition) is 5. The largest absolute Gasteiger partial charge is 0.497 e. The lowest BCUT2D eigenvalue weighted by atomic mass is 10.1. The molecule has 4 aromatic rings. The van der Waals surface area contributed by atoms with E-state index in [9.17, 15) is 18.0 Å². The van der Waals surface area contributed by atoms with E-state index in [1.54, 1.807) is 7.11 Å². The monoisotopic (exact) mass is 537 g/mol. The molecule has 0 saturated carbocycles. The number of hydrogen-bond donors (Lipinski definition) is 1. The minimum absolute atomic E-state index is 0.130. The molecule has 5 rings (SSSR count). The van der Waals surface area contributed by atoms with Crippen molar-refractivity contribution in [2.75, 3.05) is 43.1 Å². The van der Waals surface area contributed by atoms with Crippen molar-refractivity contribution in [2.24, 2.45) is 0 Å². The van der Waals surface area contributed by atoms with Crippen LogP contribution in [0.4, 0.5) is 24.5 Å². The Morgan fingerprint density at radius 3 is 2.05 bits per heavy atom. The van der Waals surface area contributed by atoms with Crippen molar-refractivity contribution in [3.63, 3.8) is 0 Å². The highest BCUT2D eigenvalue weighted by Gasteiger charge is 2.32. The summed E-state index contributed by atoms with van der Waals surface area (Å²) in [5, 5.41) is 2.85. The maximum Gasteiger partial charge on any atom is 0.417 e. The van der Waals surface area contributed by atoms with Crippen LogP contribution in [0.3, 0.4) is 0 Å². The van der Waals surface area contributed by atoms with Gasteiger partial charge in [0, 0.05) is 50.3 Å². The lowest BCUT2D eigenvalue weighted by molar-refractivity contribution is -0.137. The first kappa shape index (κ1) is 26.4. The van der Waals surface area contributed by atoms with Crippen LogP contribution in [0.1, 0.15) is 34.2 Å². The molecule has 7 nitrogen and oxygen atoms in total. The Bertz CT molecular complexity index is 1440. The molecule has 1 amide bonds. The lowest BCUT2D eigenvalue weighted by Crippen LogP contribution is -2.46. The fourth-order valence-corrected chi connectivity index (χ4v) is 4.85. The van der Waals surface area contributed by atoms with Gasteiger partial charge >= 0.3 is 6.18 Å². The van der Waals surface area contributed by atoms with E-state index < -0.39 is 17.6 Å². The van der Waals surface area contributed by atoms with Crippen LogP contribution < -0.4 is 19.9 Å². The number of fused-ring (bicyclic) bond motifs is 1. The third kappa shape index (κ3) is 5.64. The van der Waals surface area contributed by atoms with Crippen molar-refractivity contribution < 1.29 is 22.7 Å². The summed E-state index contributed by atoms with van der Waals surface area (Å²) in [6.45, 7) is 5.64. The summed E-state index contributed by atoms with van der Waals surface area (Å²) < 4.78 is 46.2. The quantitative estimate of drug-likeness (QED) is 0.352. The van der Waals surface area contributed by atoms with Crippen molar-refractivity contribution in [3.8, 4) is 5.75 Å². The zero-order chi connectivity index (χ0) is 27.6. The van der Waals surface area contributed by atoms with E-state index in [2.05, 4.69) is 32.2 Å². The number of benzene rings is 2. The number of ether oxygens (including phenoxy) is 1. The van der Waals surface area contributed by atoms with E-state index in [1.165, 1.54) is 16.2 Å². The molecule has 0 spiro atoms. The molecule has 1 aliphatic rings. The van der Waals surface area contributed by atoms with Crippen molar-refractivity contribution in [1.29, 1.82) is 0 Å². The number of rotatable bonds is 7.